The summed E-state index contributed by atoms with van der Waals surface area (Å²) in [6, 6.07) is 3.57. The normalized spacial score (nSPS) is 26.5. The highest BCUT2D eigenvalue weighted by Crippen LogP contribution is 2.45. The summed E-state index contributed by atoms with van der Waals surface area (Å²) in [6.45, 7) is 1.40. The Balaban J connectivity index is 1.53. The second kappa shape index (κ2) is 7.15. The number of aliphatic hydroxyl groups excluding tert-OH is 1. The van der Waals surface area contributed by atoms with Crippen LogP contribution in [0.25, 0.3) is 0 Å². The molecule has 1 aromatic rings. The lowest BCUT2D eigenvalue weighted by molar-refractivity contribution is -0.190. The van der Waals surface area contributed by atoms with Crippen molar-refractivity contribution < 1.29 is 23.1 Å². The fourth-order valence-electron chi connectivity index (χ4n) is 4.35. The highest BCUT2D eigenvalue weighted by Gasteiger charge is 2.54. The summed E-state index contributed by atoms with van der Waals surface area (Å²) in [4.78, 5) is 22.6. The van der Waals surface area contributed by atoms with Gasteiger partial charge in [0.25, 0.3) is 0 Å². The first-order valence-electron chi connectivity index (χ1n) is 9.16. The molecule has 2 atom stereocenters. The molecule has 3 heterocycles. The van der Waals surface area contributed by atoms with Gasteiger partial charge in [-0.15, -0.1) is 0 Å². The van der Waals surface area contributed by atoms with Crippen molar-refractivity contribution in [3.8, 4) is 0 Å². The SMILES string of the molecule is O=C1CC2=C(C(C3CCN(c4ccc(Cl)cn4)CC3)=NC2)[C@@H](C(F)(F)F)[C@H]1O. The van der Waals surface area contributed by atoms with Gasteiger partial charge < -0.3 is 10.0 Å². The lowest BCUT2D eigenvalue weighted by Crippen LogP contribution is -2.46. The minimum Gasteiger partial charge on any atom is -0.384 e. The predicted octanol–water partition coefficient (Wildman–Crippen LogP) is 3.21. The van der Waals surface area contributed by atoms with Crippen LogP contribution in [0.4, 0.5) is 19.0 Å². The Kier molecular flexibility index (Phi) is 4.95. The van der Waals surface area contributed by atoms with E-state index in [4.69, 9.17) is 11.6 Å². The van der Waals surface area contributed by atoms with Crippen LogP contribution in [0.15, 0.2) is 34.5 Å². The molecule has 0 spiro atoms. The number of rotatable bonds is 2. The summed E-state index contributed by atoms with van der Waals surface area (Å²) in [5.41, 5.74) is 0.893. The van der Waals surface area contributed by atoms with Crippen LogP contribution in [0.3, 0.4) is 0 Å². The Morgan fingerprint density at radius 1 is 1.21 bits per heavy atom. The third-order valence-corrected chi connectivity index (χ3v) is 5.94. The topological polar surface area (TPSA) is 65.8 Å². The van der Waals surface area contributed by atoms with E-state index in [0.29, 0.717) is 42.2 Å². The van der Waals surface area contributed by atoms with Crippen molar-refractivity contribution in [2.75, 3.05) is 24.5 Å². The molecule has 0 unspecified atom stereocenters. The third kappa shape index (κ3) is 3.43. The molecule has 0 radical (unpaired) electrons. The van der Waals surface area contributed by atoms with E-state index in [2.05, 4.69) is 14.9 Å². The standard InChI is InChI=1S/C19H19ClF3N3O2/c20-12-1-2-14(24-9-12)26-5-3-10(4-6-26)17-15-11(8-25-17)7-13(27)18(28)16(15)19(21,22)23/h1-2,9-10,16,18,28H,3-8H2/t16-,18+/m1/s1. The van der Waals surface area contributed by atoms with E-state index in [-0.39, 0.29) is 24.5 Å². The van der Waals surface area contributed by atoms with Crippen LogP contribution in [0, 0.1) is 11.8 Å². The highest BCUT2D eigenvalue weighted by molar-refractivity contribution is 6.30. The van der Waals surface area contributed by atoms with Gasteiger partial charge in [0.1, 0.15) is 17.8 Å². The van der Waals surface area contributed by atoms with Gasteiger partial charge in [0.2, 0.25) is 0 Å². The molecule has 5 nitrogen and oxygen atoms in total. The summed E-state index contributed by atoms with van der Waals surface area (Å²) in [5, 5.41) is 10.5. The highest BCUT2D eigenvalue weighted by atomic mass is 35.5. The Labute approximate surface area is 164 Å². The number of nitrogens with zero attached hydrogens (tertiary/aromatic N) is 3. The number of hydrogen-bond donors (Lipinski definition) is 1. The molecule has 0 amide bonds. The smallest absolute Gasteiger partial charge is 0.384 e. The Hall–Kier alpha value is -1.93. The van der Waals surface area contributed by atoms with Crippen molar-refractivity contribution in [1.82, 2.24) is 4.98 Å². The zero-order valence-electron chi connectivity index (χ0n) is 14.9. The number of alkyl halides is 3. The molecule has 1 aliphatic carbocycles. The van der Waals surface area contributed by atoms with Crippen LogP contribution < -0.4 is 4.90 Å². The van der Waals surface area contributed by atoms with E-state index >= 15 is 0 Å². The Morgan fingerprint density at radius 2 is 1.93 bits per heavy atom. The van der Waals surface area contributed by atoms with Crippen LogP contribution in [-0.2, 0) is 4.79 Å². The lowest BCUT2D eigenvalue weighted by atomic mass is 9.74. The summed E-state index contributed by atoms with van der Waals surface area (Å²) in [5.74, 6) is -2.29. The minimum atomic E-state index is -4.69. The summed E-state index contributed by atoms with van der Waals surface area (Å²) in [6.07, 6.45) is -4.04. The number of aliphatic imine (C=N–C) groups is 1. The predicted molar refractivity (Wildman–Crippen MR) is 98.7 cm³/mol. The number of anilines is 1. The molecule has 28 heavy (non-hydrogen) atoms. The molecule has 3 aliphatic rings. The van der Waals surface area contributed by atoms with E-state index in [0.717, 1.165) is 5.82 Å². The van der Waals surface area contributed by atoms with Crippen LogP contribution in [0.1, 0.15) is 19.3 Å². The van der Waals surface area contributed by atoms with E-state index in [1.54, 1.807) is 12.3 Å². The summed E-state index contributed by atoms with van der Waals surface area (Å²) in [7, 11) is 0. The van der Waals surface area contributed by atoms with Gasteiger partial charge in [-0.2, -0.15) is 13.2 Å². The monoisotopic (exact) mass is 413 g/mol. The lowest BCUT2D eigenvalue weighted by Gasteiger charge is -2.36. The Morgan fingerprint density at radius 3 is 2.54 bits per heavy atom. The molecule has 4 rings (SSSR count). The zero-order chi connectivity index (χ0) is 20.1. The molecule has 150 valence electrons. The van der Waals surface area contributed by atoms with Crippen LogP contribution in [0.2, 0.25) is 5.02 Å². The fraction of sp³-hybridized carbons (Fsp3) is 0.526. The number of Topliss-reactive ketones (excluding diaryl/α,β-unsaturated/α-hetero) is 1. The van der Waals surface area contributed by atoms with Crippen molar-refractivity contribution in [3.05, 3.63) is 34.5 Å². The third-order valence-electron chi connectivity index (χ3n) is 5.71. The molecule has 9 heteroatoms. The van der Waals surface area contributed by atoms with Crippen molar-refractivity contribution in [2.24, 2.45) is 16.8 Å². The molecule has 2 aliphatic heterocycles. The molecule has 1 saturated heterocycles. The van der Waals surface area contributed by atoms with Gasteiger partial charge >= 0.3 is 6.18 Å². The maximum atomic E-state index is 13.6. The van der Waals surface area contributed by atoms with Gasteiger partial charge in [-0.1, -0.05) is 11.6 Å². The number of piperidine rings is 1. The van der Waals surface area contributed by atoms with Crippen molar-refractivity contribution in [1.29, 1.82) is 0 Å². The summed E-state index contributed by atoms with van der Waals surface area (Å²) < 4.78 is 40.9. The van der Waals surface area contributed by atoms with E-state index in [9.17, 15) is 23.1 Å². The number of carbonyl (C=O) groups excluding carboxylic acids is 1. The number of hydrogen-bond acceptors (Lipinski definition) is 5. The number of halogens is 4. The van der Waals surface area contributed by atoms with E-state index < -0.39 is 24.0 Å². The minimum absolute atomic E-state index is 0.0580. The van der Waals surface area contributed by atoms with Crippen molar-refractivity contribution >= 4 is 28.9 Å². The number of aliphatic hydroxyl groups is 1. The van der Waals surface area contributed by atoms with Gasteiger partial charge in [-0.25, -0.2) is 4.98 Å². The molecule has 0 aromatic carbocycles. The van der Waals surface area contributed by atoms with Crippen LogP contribution in [-0.4, -0.2) is 53.5 Å². The van der Waals surface area contributed by atoms with Crippen molar-refractivity contribution in [2.45, 2.75) is 31.5 Å². The molecule has 1 N–H and O–H groups in total. The fourth-order valence-corrected chi connectivity index (χ4v) is 4.46. The molecule has 0 bridgehead atoms. The maximum absolute atomic E-state index is 13.6. The first-order chi connectivity index (χ1) is 13.3. The van der Waals surface area contributed by atoms with E-state index in [1.165, 1.54) is 0 Å². The first kappa shape index (κ1) is 19.4. The maximum Gasteiger partial charge on any atom is 0.398 e. The van der Waals surface area contributed by atoms with E-state index in [1.807, 2.05) is 6.07 Å². The van der Waals surface area contributed by atoms with Gasteiger partial charge in [-0.3, -0.25) is 9.79 Å². The average molecular weight is 414 g/mol. The first-order valence-corrected chi connectivity index (χ1v) is 9.54. The number of carbonyl (C=O) groups is 1. The van der Waals surface area contributed by atoms with Gasteiger partial charge in [0, 0.05) is 37.3 Å². The largest absolute Gasteiger partial charge is 0.398 e. The number of aromatic nitrogens is 1. The zero-order valence-corrected chi connectivity index (χ0v) is 15.7. The molecule has 0 saturated carbocycles. The average Bonchev–Trinajstić information content (AvgIpc) is 3.05. The second-order valence-corrected chi connectivity index (χ2v) is 7.86. The van der Waals surface area contributed by atoms with Gasteiger partial charge in [0.15, 0.2) is 5.78 Å². The van der Waals surface area contributed by atoms with Crippen LogP contribution in [0.5, 0.6) is 0 Å². The quantitative estimate of drug-likeness (QED) is 0.808. The van der Waals surface area contributed by atoms with Gasteiger partial charge in [0.05, 0.1) is 11.6 Å². The van der Waals surface area contributed by atoms with Crippen LogP contribution >= 0.6 is 11.6 Å². The summed E-state index contributed by atoms with van der Waals surface area (Å²) >= 11 is 5.86. The molecular weight excluding hydrogens is 395 g/mol. The van der Waals surface area contributed by atoms with Gasteiger partial charge in [-0.05, 0) is 36.1 Å². The van der Waals surface area contributed by atoms with Crippen molar-refractivity contribution in [3.63, 3.8) is 0 Å². The number of ketones is 1. The second-order valence-electron chi connectivity index (χ2n) is 7.42. The molecular formula is C19H19ClF3N3O2. The molecule has 1 aromatic heterocycles. The Bertz CT molecular complexity index is 843. The number of pyridine rings is 1. The molecule has 1 fully saturated rings.